The van der Waals surface area contributed by atoms with Gasteiger partial charge >= 0.3 is 5.97 Å². The van der Waals surface area contributed by atoms with Gasteiger partial charge in [-0.1, -0.05) is 17.8 Å². The molecule has 0 amide bonds. The summed E-state index contributed by atoms with van der Waals surface area (Å²) in [5.41, 5.74) is 1.63. The summed E-state index contributed by atoms with van der Waals surface area (Å²) in [7, 11) is 1.59. The third-order valence-electron chi connectivity index (χ3n) is 3.21. The molecule has 7 nitrogen and oxygen atoms in total. The molecule has 1 N–H and O–H groups in total. The van der Waals surface area contributed by atoms with E-state index in [1.54, 1.807) is 19.5 Å². The minimum Gasteiger partial charge on any atom is -0.497 e. The van der Waals surface area contributed by atoms with Crippen LogP contribution in [0.15, 0.2) is 53.9 Å². The topological polar surface area (TPSA) is 90.1 Å². The fraction of sp³-hybridized carbons (Fsp3) is 0.125. The van der Waals surface area contributed by atoms with Crippen molar-refractivity contribution >= 4 is 17.7 Å². The number of ether oxygens (including phenoxy) is 1. The summed E-state index contributed by atoms with van der Waals surface area (Å²) < 4.78 is 7.08. The second-order valence-electron chi connectivity index (χ2n) is 4.76. The highest BCUT2D eigenvalue weighted by atomic mass is 32.2. The highest BCUT2D eigenvalue weighted by molar-refractivity contribution is 7.99. The van der Waals surface area contributed by atoms with Gasteiger partial charge in [0.15, 0.2) is 11.0 Å². The number of aromatic nitrogens is 4. The average molecular weight is 342 g/mol. The molecule has 0 radical (unpaired) electrons. The predicted octanol–water partition coefficient (Wildman–Crippen LogP) is 2.51. The van der Waals surface area contributed by atoms with Crippen molar-refractivity contribution in [3.05, 3.63) is 48.8 Å². The molecule has 0 fully saturated rings. The zero-order valence-corrected chi connectivity index (χ0v) is 13.6. The molecular weight excluding hydrogens is 328 g/mol. The number of aliphatic carboxylic acids is 1. The number of hydrogen-bond acceptors (Lipinski definition) is 6. The van der Waals surface area contributed by atoms with Gasteiger partial charge in [0.2, 0.25) is 0 Å². The molecule has 1 aromatic carbocycles. The van der Waals surface area contributed by atoms with Crippen LogP contribution in [0.4, 0.5) is 0 Å². The molecule has 0 aliphatic heterocycles. The van der Waals surface area contributed by atoms with Crippen molar-refractivity contribution in [2.75, 3.05) is 12.9 Å². The van der Waals surface area contributed by atoms with Crippen molar-refractivity contribution in [2.45, 2.75) is 5.16 Å². The highest BCUT2D eigenvalue weighted by Gasteiger charge is 2.17. The molecule has 122 valence electrons. The Bertz CT molecular complexity index is 852. The van der Waals surface area contributed by atoms with Crippen LogP contribution in [0.1, 0.15) is 0 Å². The number of carbonyl (C=O) groups is 1. The average Bonchev–Trinajstić information content (AvgIpc) is 3.04. The molecule has 2 heterocycles. The number of hydrogen-bond donors (Lipinski definition) is 1. The fourth-order valence-corrected chi connectivity index (χ4v) is 2.83. The number of carboxylic acid groups (broad SMARTS) is 1. The summed E-state index contributed by atoms with van der Waals surface area (Å²) >= 11 is 1.11. The van der Waals surface area contributed by atoms with Gasteiger partial charge in [0.25, 0.3) is 0 Å². The van der Waals surface area contributed by atoms with Gasteiger partial charge in [-0.05, 0) is 24.3 Å². The summed E-state index contributed by atoms with van der Waals surface area (Å²) in [6.07, 6.45) is 3.34. The molecule has 0 aliphatic rings. The Kier molecular flexibility index (Phi) is 4.76. The first-order chi connectivity index (χ1) is 11.7. The van der Waals surface area contributed by atoms with Gasteiger partial charge in [0, 0.05) is 24.0 Å². The molecule has 0 bridgehead atoms. The largest absolute Gasteiger partial charge is 0.497 e. The number of rotatable bonds is 6. The van der Waals surface area contributed by atoms with Gasteiger partial charge < -0.3 is 9.84 Å². The van der Waals surface area contributed by atoms with Crippen LogP contribution in [0.25, 0.3) is 17.1 Å². The monoisotopic (exact) mass is 342 g/mol. The van der Waals surface area contributed by atoms with Gasteiger partial charge in [-0.3, -0.25) is 14.3 Å². The molecule has 0 spiro atoms. The normalized spacial score (nSPS) is 10.5. The van der Waals surface area contributed by atoms with Crippen molar-refractivity contribution in [3.8, 4) is 22.8 Å². The van der Waals surface area contributed by atoms with Gasteiger partial charge in [0.05, 0.1) is 18.6 Å². The lowest BCUT2D eigenvalue weighted by atomic mass is 10.2. The van der Waals surface area contributed by atoms with Crippen LogP contribution in [0, 0.1) is 0 Å². The van der Waals surface area contributed by atoms with Gasteiger partial charge in [-0.15, -0.1) is 10.2 Å². The van der Waals surface area contributed by atoms with Crippen LogP contribution in [0.5, 0.6) is 5.75 Å². The number of thioether (sulfide) groups is 1. The van der Waals surface area contributed by atoms with Gasteiger partial charge in [-0.2, -0.15) is 0 Å². The first-order valence-electron chi connectivity index (χ1n) is 7.04. The molecule has 0 saturated heterocycles. The molecule has 3 aromatic rings. The van der Waals surface area contributed by atoms with E-state index in [0.717, 1.165) is 23.0 Å². The lowest BCUT2D eigenvalue weighted by Crippen LogP contribution is -2.03. The minimum atomic E-state index is -0.911. The molecule has 0 saturated carbocycles. The van der Waals surface area contributed by atoms with E-state index in [2.05, 4.69) is 15.2 Å². The van der Waals surface area contributed by atoms with E-state index in [0.29, 0.717) is 16.7 Å². The third kappa shape index (κ3) is 3.38. The first kappa shape index (κ1) is 16.0. The minimum absolute atomic E-state index is 0.0988. The quantitative estimate of drug-likeness (QED) is 0.688. The number of methoxy groups -OCH3 is 1. The number of benzene rings is 1. The summed E-state index contributed by atoms with van der Waals surface area (Å²) in [6, 6.07) is 11.1. The highest BCUT2D eigenvalue weighted by Crippen LogP contribution is 2.29. The van der Waals surface area contributed by atoms with E-state index >= 15 is 0 Å². The Morgan fingerprint density at radius 3 is 2.75 bits per heavy atom. The molecule has 0 unspecified atom stereocenters. The fourth-order valence-electron chi connectivity index (χ4n) is 2.16. The second-order valence-corrected chi connectivity index (χ2v) is 5.70. The first-order valence-corrected chi connectivity index (χ1v) is 8.02. The zero-order valence-electron chi connectivity index (χ0n) is 12.8. The standard InChI is InChI=1S/C16H14N4O3S/c1-23-13-4-2-3-12(9-13)20-15(11-5-7-17-8-6-11)18-19-16(20)24-10-14(21)22/h2-9H,10H2,1H3,(H,21,22). The van der Waals surface area contributed by atoms with Crippen molar-refractivity contribution < 1.29 is 14.6 Å². The Labute approximate surface area is 142 Å². The van der Waals surface area contributed by atoms with Crippen LogP contribution < -0.4 is 4.74 Å². The number of pyridine rings is 1. The van der Waals surface area contributed by atoms with E-state index in [4.69, 9.17) is 9.84 Å². The maximum atomic E-state index is 10.9. The van der Waals surface area contributed by atoms with E-state index in [1.807, 2.05) is 41.0 Å². The molecule has 3 rings (SSSR count). The maximum absolute atomic E-state index is 10.9. The third-order valence-corrected chi connectivity index (χ3v) is 4.12. The lowest BCUT2D eigenvalue weighted by Gasteiger charge is -2.11. The maximum Gasteiger partial charge on any atom is 0.313 e. The van der Waals surface area contributed by atoms with E-state index in [-0.39, 0.29) is 5.75 Å². The Balaban J connectivity index is 2.11. The molecule has 2 aromatic heterocycles. The molecule has 0 atom stereocenters. The summed E-state index contributed by atoms with van der Waals surface area (Å²) in [5.74, 6) is 0.290. The molecule has 24 heavy (non-hydrogen) atoms. The molecule has 8 heteroatoms. The van der Waals surface area contributed by atoms with Crippen LogP contribution in [0.3, 0.4) is 0 Å². The smallest absolute Gasteiger partial charge is 0.313 e. The van der Waals surface area contributed by atoms with Crippen LogP contribution in [-0.2, 0) is 4.79 Å². The predicted molar refractivity (Wildman–Crippen MR) is 89.5 cm³/mol. The van der Waals surface area contributed by atoms with Crippen molar-refractivity contribution in [2.24, 2.45) is 0 Å². The van der Waals surface area contributed by atoms with Crippen LogP contribution in [-0.4, -0.2) is 43.7 Å². The zero-order chi connectivity index (χ0) is 16.9. The Morgan fingerprint density at radius 1 is 1.25 bits per heavy atom. The SMILES string of the molecule is COc1cccc(-n2c(SCC(=O)O)nnc2-c2ccncc2)c1. The number of carboxylic acids is 1. The second kappa shape index (κ2) is 7.14. The van der Waals surface area contributed by atoms with Crippen molar-refractivity contribution in [1.29, 1.82) is 0 Å². The van der Waals surface area contributed by atoms with Crippen LogP contribution >= 0.6 is 11.8 Å². The van der Waals surface area contributed by atoms with Gasteiger partial charge in [0.1, 0.15) is 5.75 Å². The van der Waals surface area contributed by atoms with E-state index < -0.39 is 5.97 Å². The van der Waals surface area contributed by atoms with E-state index in [1.165, 1.54) is 0 Å². The Morgan fingerprint density at radius 2 is 2.04 bits per heavy atom. The molecular formula is C16H14N4O3S. The van der Waals surface area contributed by atoms with Crippen LogP contribution in [0.2, 0.25) is 0 Å². The lowest BCUT2D eigenvalue weighted by molar-refractivity contribution is -0.133. The summed E-state index contributed by atoms with van der Waals surface area (Å²) in [4.78, 5) is 14.9. The summed E-state index contributed by atoms with van der Waals surface area (Å²) in [6.45, 7) is 0. The number of nitrogens with zero attached hydrogens (tertiary/aromatic N) is 4. The molecule has 0 aliphatic carbocycles. The van der Waals surface area contributed by atoms with Gasteiger partial charge in [-0.25, -0.2) is 0 Å². The Hall–Kier alpha value is -2.87. The van der Waals surface area contributed by atoms with E-state index in [9.17, 15) is 4.79 Å². The van der Waals surface area contributed by atoms with Crippen molar-refractivity contribution in [1.82, 2.24) is 19.7 Å². The van der Waals surface area contributed by atoms with Crippen molar-refractivity contribution in [3.63, 3.8) is 0 Å². The summed E-state index contributed by atoms with van der Waals surface area (Å²) in [5, 5.41) is 17.8.